The average Bonchev–Trinajstić information content (AvgIpc) is 2.60. The van der Waals surface area contributed by atoms with Crippen molar-refractivity contribution in [2.75, 3.05) is 13.6 Å². The lowest BCUT2D eigenvalue weighted by molar-refractivity contribution is -0.138. The maximum atomic E-state index is 11.9. The predicted molar refractivity (Wildman–Crippen MR) is 64.2 cm³/mol. The summed E-state index contributed by atoms with van der Waals surface area (Å²) in [6.07, 6.45) is 0.771. The summed E-state index contributed by atoms with van der Waals surface area (Å²) in [6.45, 7) is 4.01. The predicted octanol–water partition coefficient (Wildman–Crippen LogP) is 1.16. The zero-order chi connectivity index (χ0) is 13.7. The first-order valence-electron chi connectivity index (χ1n) is 5.79. The minimum Gasteiger partial charge on any atom is -0.481 e. The molecule has 0 bridgehead atoms. The number of amides is 1. The highest BCUT2D eigenvalue weighted by molar-refractivity contribution is 5.79. The Bertz CT molecular complexity index is 420. The summed E-state index contributed by atoms with van der Waals surface area (Å²) in [5.74, 6) is -0.254. The fourth-order valence-electron chi connectivity index (χ4n) is 1.63. The Morgan fingerprint density at radius 3 is 2.56 bits per heavy atom. The van der Waals surface area contributed by atoms with E-state index in [1.54, 1.807) is 20.9 Å². The van der Waals surface area contributed by atoms with Crippen LogP contribution in [0.15, 0.2) is 4.52 Å². The molecule has 0 saturated carbocycles. The second kappa shape index (κ2) is 6.18. The maximum Gasteiger partial charge on any atom is 0.303 e. The van der Waals surface area contributed by atoms with Gasteiger partial charge in [0.2, 0.25) is 5.91 Å². The first-order chi connectivity index (χ1) is 8.41. The standard InChI is InChI=1S/C12H18N2O4/c1-8-10(9(2)18-13-8)7-11(15)14(3)6-4-5-12(16)17/h4-7H2,1-3H3,(H,16,17). The number of hydrogen-bond acceptors (Lipinski definition) is 4. The molecule has 0 fully saturated rings. The second-order valence-corrected chi connectivity index (χ2v) is 4.29. The van der Waals surface area contributed by atoms with Gasteiger partial charge in [-0.1, -0.05) is 5.16 Å². The molecule has 0 atom stereocenters. The van der Waals surface area contributed by atoms with Crippen molar-refractivity contribution in [2.24, 2.45) is 0 Å². The van der Waals surface area contributed by atoms with Gasteiger partial charge in [0.05, 0.1) is 12.1 Å². The van der Waals surface area contributed by atoms with Crippen LogP contribution in [0.2, 0.25) is 0 Å². The smallest absolute Gasteiger partial charge is 0.303 e. The Hall–Kier alpha value is -1.85. The SMILES string of the molecule is Cc1noc(C)c1CC(=O)N(C)CCCC(=O)O. The maximum absolute atomic E-state index is 11.9. The monoisotopic (exact) mass is 254 g/mol. The third-order valence-corrected chi connectivity index (χ3v) is 2.82. The number of carbonyl (C=O) groups excluding carboxylic acids is 1. The normalized spacial score (nSPS) is 10.4. The fraction of sp³-hybridized carbons (Fsp3) is 0.583. The van der Waals surface area contributed by atoms with E-state index >= 15 is 0 Å². The molecule has 0 aliphatic rings. The van der Waals surface area contributed by atoms with Gasteiger partial charge in [0.25, 0.3) is 0 Å². The number of nitrogens with zero attached hydrogens (tertiary/aromatic N) is 2. The lowest BCUT2D eigenvalue weighted by atomic mass is 10.1. The van der Waals surface area contributed by atoms with Crippen LogP contribution in [0.5, 0.6) is 0 Å². The highest BCUT2D eigenvalue weighted by Crippen LogP contribution is 2.13. The number of carboxylic acid groups (broad SMARTS) is 1. The molecule has 1 heterocycles. The van der Waals surface area contributed by atoms with E-state index in [2.05, 4.69) is 5.16 Å². The Balaban J connectivity index is 2.47. The van der Waals surface area contributed by atoms with E-state index < -0.39 is 5.97 Å². The largest absolute Gasteiger partial charge is 0.481 e. The van der Waals surface area contributed by atoms with Crippen LogP contribution in [0.4, 0.5) is 0 Å². The lowest BCUT2D eigenvalue weighted by Crippen LogP contribution is -2.29. The van der Waals surface area contributed by atoms with Crippen LogP contribution in [0.25, 0.3) is 0 Å². The third-order valence-electron chi connectivity index (χ3n) is 2.82. The van der Waals surface area contributed by atoms with E-state index in [1.165, 1.54) is 4.90 Å². The summed E-state index contributed by atoms with van der Waals surface area (Å²) < 4.78 is 4.99. The molecule has 18 heavy (non-hydrogen) atoms. The highest BCUT2D eigenvalue weighted by atomic mass is 16.5. The molecule has 1 aromatic heterocycles. The number of likely N-dealkylation sites (N-methyl/N-ethyl adjacent to an activating group) is 1. The van der Waals surface area contributed by atoms with Crippen molar-refractivity contribution in [2.45, 2.75) is 33.1 Å². The summed E-state index contributed by atoms with van der Waals surface area (Å²) in [5.41, 5.74) is 1.53. The van der Waals surface area contributed by atoms with E-state index in [0.717, 1.165) is 11.3 Å². The molecule has 0 radical (unpaired) electrons. The summed E-state index contributed by atoms with van der Waals surface area (Å²) >= 11 is 0. The molecule has 1 aromatic rings. The molecule has 6 nitrogen and oxygen atoms in total. The van der Waals surface area contributed by atoms with E-state index in [0.29, 0.717) is 18.7 Å². The molecule has 0 aromatic carbocycles. The van der Waals surface area contributed by atoms with Crippen LogP contribution in [-0.2, 0) is 16.0 Å². The van der Waals surface area contributed by atoms with E-state index in [-0.39, 0.29) is 18.7 Å². The minimum atomic E-state index is -0.846. The fourth-order valence-corrected chi connectivity index (χ4v) is 1.63. The van der Waals surface area contributed by atoms with Crippen molar-refractivity contribution in [3.8, 4) is 0 Å². The molecule has 0 unspecified atom stereocenters. The van der Waals surface area contributed by atoms with Gasteiger partial charge in [0.15, 0.2) is 0 Å². The van der Waals surface area contributed by atoms with E-state index in [4.69, 9.17) is 9.63 Å². The first kappa shape index (κ1) is 14.2. The minimum absolute atomic E-state index is 0.0604. The van der Waals surface area contributed by atoms with Gasteiger partial charge in [0.1, 0.15) is 5.76 Å². The van der Waals surface area contributed by atoms with E-state index in [1.807, 2.05) is 0 Å². The zero-order valence-electron chi connectivity index (χ0n) is 10.9. The number of rotatable bonds is 6. The number of aliphatic carboxylic acids is 1. The van der Waals surface area contributed by atoms with Gasteiger partial charge >= 0.3 is 5.97 Å². The van der Waals surface area contributed by atoms with Gasteiger partial charge in [-0.05, 0) is 20.3 Å². The Morgan fingerprint density at radius 1 is 1.39 bits per heavy atom. The highest BCUT2D eigenvalue weighted by Gasteiger charge is 2.16. The van der Waals surface area contributed by atoms with Gasteiger partial charge in [-0.3, -0.25) is 9.59 Å². The van der Waals surface area contributed by atoms with Gasteiger partial charge in [-0.2, -0.15) is 0 Å². The molecule has 0 saturated heterocycles. The van der Waals surface area contributed by atoms with Crippen LogP contribution in [0, 0.1) is 13.8 Å². The number of hydrogen-bond donors (Lipinski definition) is 1. The number of aryl methyl sites for hydroxylation is 2. The Kier molecular flexibility index (Phi) is 4.88. The molecule has 100 valence electrons. The summed E-state index contributed by atoms with van der Waals surface area (Å²) in [4.78, 5) is 23.8. The van der Waals surface area contributed by atoms with Crippen molar-refractivity contribution in [3.63, 3.8) is 0 Å². The molecule has 1 rings (SSSR count). The summed E-state index contributed by atoms with van der Waals surface area (Å²) in [7, 11) is 1.67. The quantitative estimate of drug-likeness (QED) is 0.823. The van der Waals surface area contributed by atoms with Gasteiger partial charge in [-0.25, -0.2) is 0 Å². The van der Waals surface area contributed by atoms with Crippen LogP contribution < -0.4 is 0 Å². The van der Waals surface area contributed by atoms with Crippen LogP contribution in [0.1, 0.15) is 29.9 Å². The van der Waals surface area contributed by atoms with Crippen LogP contribution in [0.3, 0.4) is 0 Å². The van der Waals surface area contributed by atoms with Crippen LogP contribution in [-0.4, -0.2) is 40.6 Å². The molecule has 1 amide bonds. The van der Waals surface area contributed by atoms with Crippen LogP contribution >= 0.6 is 0 Å². The number of carbonyl (C=O) groups is 2. The van der Waals surface area contributed by atoms with Gasteiger partial charge < -0.3 is 14.5 Å². The summed E-state index contributed by atoms with van der Waals surface area (Å²) in [5, 5.41) is 12.3. The molecule has 0 aliphatic heterocycles. The first-order valence-corrected chi connectivity index (χ1v) is 5.79. The second-order valence-electron chi connectivity index (χ2n) is 4.29. The zero-order valence-corrected chi connectivity index (χ0v) is 10.9. The van der Waals surface area contributed by atoms with Gasteiger partial charge in [-0.15, -0.1) is 0 Å². The van der Waals surface area contributed by atoms with Gasteiger partial charge in [0, 0.05) is 25.6 Å². The summed E-state index contributed by atoms with van der Waals surface area (Å²) in [6, 6.07) is 0. The Labute approximate surface area is 106 Å². The van der Waals surface area contributed by atoms with E-state index in [9.17, 15) is 9.59 Å². The molecular weight excluding hydrogens is 236 g/mol. The topological polar surface area (TPSA) is 83.6 Å². The van der Waals surface area contributed by atoms with Crippen molar-refractivity contribution in [1.29, 1.82) is 0 Å². The lowest BCUT2D eigenvalue weighted by Gasteiger charge is -2.16. The molecule has 0 aliphatic carbocycles. The molecular formula is C12H18N2O4. The number of aromatic nitrogens is 1. The molecule has 0 spiro atoms. The molecule has 6 heteroatoms. The molecule has 1 N–H and O–H groups in total. The third kappa shape index (κ3) is 3.87. The Morgan fingerprint density at radius 2 is 2.06 bits per heavy atom. The van der Waals surface area contributed by atoms with Crippen molar-refractivity contribution in [1.82, 2.24) is 10.1 Å². The average molecular weight is 254 g/mol. The van der Waals surface area contributed by atoms with Crippen molar-refractivity contribution >= 4 is 11.9 Å². The van der Waals surface area contributed by atoms with Crippen molar-refractivity contribution in [3.05, 3.63) is 17.0 Å². The van der Waals surface area contributed by atoms with Crippen molar-refractivity contribution < 1.29 is 19.2 Å². The number of carboxylic acids is 1.